The van der Waals surface area contributed by atoms with Crippen LogP contribution in [0.5, 0.6) is 0 Å². The number of benzene rings is 2. The van der Waals surface area contributed by atoms with Gasteiger partial charge >= 0.3 is 6.03 Å². The number of benzodiazepines with no additional fused rings is 1. The van der Waals surface area contributed by atoms with Gasteiger partial charge in [0.25, 0.3) is 5.91 Å². The Kier molecular flexibility index (Phi) is 7.59. The first-order valence-electron chi connectivity index (χ1n) is 14.8. The third-order valence-corrected chi connectivity index (χ3v) is 9.09. The average Bonchev–Trinajstić information content (AvgIpc) is 3.26. The fraction of sp³-hybridized carbons (Fsp3) is 0.500. The lowest BCUT2D eigenvalue weighted by Gasteiger charge is -2.29. The Morgan fingerprint density at radius 1 is 0.925 bits per heavy atom. The molecule has 40 heavy (non-hydrogen) atoms. The summed E-state index contributed by atoms with van der Waals surface area (Å²) in [4.78, 5) is 49.5. The summed E-state index contributed by atoms with van der Waals surface area (Å²) in [7, 11) is 0. The molecule has 210 valence electrons. The van der Waals surface area contributed by atoms with Crippen molar-refractivity contribution in [1.29, 1.82) is 0 Å². The van der Waals surface area contributed by atoms with Crippen molar-refractivity contribution in [3.05, 3.63) is 59.7 Å². The Bertz CT molecular complexity index is 1300. The Labute approximate surface area is 236 Å². The van der Waals surface area contributed by atoms with Gasteiger partial charge in [0.05, 0.1) is 11.4 Å². The summed E-state index contributed by atoms with van der Waals surface area (Å²) in [5, 5.41) is 5.67. The van der Waals surface area contributed by atoms with E-state index in [4.69, 9.17) is 4.99 Å². The van der Waals surface area contributed by atoms with Gasteiger partial charge in [-0.2, -0.15) is 0 Å². The van der Waals surface area contributed by atoms with Crippen LogP contribution in [0.1, 0.15) is 62.5 Å². The number of rotatable bonds is 5. The van der Waals surface area contributed by atoms with Crippen LogP contribution >= 0.6 is 0 Å². The monoisotopic (exact) mass is 541 g/mol. The van der Waals surface area contributed by atoms with Gasteiger partial charge in [-0.3, -0.25) is 19.5 Å². The molecule has 2 aliphatic carbocycles. The number of nitrogens with one attached hydrogen (secondary N) is 2. The van der Waals surface area contributed by atoms with Gasteiger partial charge in [0.2, 0.25) is 12.1 Å². The van der Waals surface area contributed by atoms with E-state index in [9.17, 15) is 14.4 Å². The number of amides is 4. The lowest BCUT2D eigenvalue weighted by atomic mass is 9.84. The molecule has 0 aromatic heterocycles. The third kappa shape index (κ3) is 5.62. The van der Waals surface area contributed by atoms with Gasteiger partial charge in [-0.1, -0.05) is 43.2 Å². The maximum atomic E-state index is 14.1. The quantitative estimate of drug-likeness (QED) is 0.550. The summed E-state index contributed by atoms with van der Waals surface area (Å²) >= 11 is 0. The van der Waals surface area contributed by atoms with Crippen molar-refractivity contribution in [3.8, 4) is 0 Å². The summed E-state index contributed by atoms with van der Waals surface area (Å²) in [5.74, 6) is 0.897. The number of nitrogens with zero attached hydrogens (tertiary/aromatic N) is 3. The number of urea groups is 1. The van der Waals surface area contributed by atoms with E-state index in [0.717, 1.165) is 55.6 Å². The summed E-state index contributed by atoms with van der Waals surface area (Å²) in [6.45, 7) is 3.44. The first-order chi connectivity index (χ1) is 19.4. The molecule has 3 heterocycles. The lowest BCUT2D eigenvalue weighted by Crippen LogP contribution is -2.52. The first kappa shape index (κ1) is 26.5. The molecule has 8 nitrogen and oxygen atoms in total. The van der Waals surface area contributed by atoms with Crippen molar-refractivity contribution in [2.24, 2.45) is 22.7 Å². The van der Waals surface area contributed by atoms with Crippen LogP contribution in [0.15, 0.2) is 53.5 Å². The van der Waals surface area contributed by atoms with Crippen molar-refractivity contribution >= 4 is 34.9 Å². The summed E-state index contributed by atoms with van der Waals surface area (Å²) in [6, 6.07) is 14.8. The second kappa shape index (κ2) is 11.4. The van der Waals surface area contributed by atoms with Crippen molar-refractivity contribution in [3.63, 3.8) is 0 Å². The third-order valence-electron chi connectivity index (χ3n) is 9.09. The highest BCUT2D eigenvalue weighted by Crippen LogP contribution is 2.36. The van der Waals surface area contributed by atoms with Crippen LogP contribution in [0.25, 0.3) is 0 Å². The second-order valence-corrected chi connectivity index (χ2v) is 12.0. The minimum absolute atomic E-state index is 0.0331. The first-order valence-corrected chi connectivity index (χ1v) is 14.8. The highest BCUT2D eigenvalue weighted by atomic mass is 16.2. The molecule has 3 aliphatic heterocycles. The SMILES string of the molecule is Cc1cccc(NC(=O)NC2N=C(C3CCCC3)c3ccccc3N(CC(=O)N3CC4CCC(CC4)C3)C2=O)c1. The maximum absolute atomic E-state index is 14.1. The molecule has 2 bridgehead atoms. The smallest absolute Gasteiger partial charge is 0.321 e. The number of carbonyl (C=O) groups excluding carboxylic acids is 3. The van der Waals surface area contributed by atoms with E-state index in [0.29, 0.717) is 23.2 Å². The van der Waals surface area contributed by atoms with Crippen LogP contribution in [0, 0.1) is 24.7 Å². The zero-order valence-corrected chi connectivity index (χ0v) is 23.3. The molecule has 1 atom stereocenters. The second-order valence-electron chi connectivity index (χ2n) is 12.0. The van der Waals surface area contributed by atoms with Crippen LogP contribution < -0.4 is 15.5 Å². The van der Waals surface area contributed by atoms with Crippen LogP contribution in [-0.2, 0) is 9.59 Å². The van der Waals surface area contributed by atoms with Crippen molar-refractivity contribution < 1.29 is 14.4 Å². The van der Waals surface area contributed by atoms with Gasteiger partial charge < -0.3 is 15.5 Å². The molecule has 2 saturated heterocycles. The zero-order chi connectivity index (χ0) is 27.6. The molecule has 2 aromatic carbocycles. The van der Waals surface area contributed by atoms with E-state index in [1.807, 2.05) is 60.4 Å². The number of anilines is 2. The van der Waals surface area contributed by atoms with Crippen LogP contribution in [0.4, 0.5) is 16.2 Å². The highest BCUT2D eigenvalue weighted by molar-refractivity contribution is 6.15. The molecule has 2 N–H and O–H groups in total. The topological polar surface area (TPSA) is 94.1 Å². The molecule has 1 unspecified atom stereocenters. The van der Waals surface area contributed by atoms with Gasteiger partial charge in [-0.15, -0.1) is 0 Å². The molecule has 8 heteroatoms. The number of carbonyl (C=O) groups is 3. The number of aryl methyl sites for hydroxylation is 1. The van der Waals surface area contributed by atoms with Gasteiger partial charge in [0.1, 0.15) is 6.54 Å². The predicted octanol–water partition coefficient (Wildman–Crippen LogP) is 5.12. The molecule has 5 aliphatic rings. The minimum atomic E-state index is -1.12. The number of hydrogen-bond acceptors (Lipinski definition) is 4. The summed E-state index contributed by atoms with van der Waals surface area (Å²) in [5.41, 5.74) is 4.10. The van der Waals surface area contributed by atoms with E-state index in [1.54, 1.807) is 4.90 Å². The van der Waals surface area contributed by atoms with Crippen molar-refractivity contribution in [1.82, 2.24) is 10.2 Å². The fourth-order valence-corrected chi connectivity index (χ4v) is 6.99. The molecule has 4 fully saturated rings. The van der Waals surface area contributed by atoms with Gasteiger partial charge in [-0.25, -0.2) is 4.79 Å². The Morgan fingerprint density at radius 2 is 1.62 bits per heavy atom. The molecule has 2 saturated carbocycles. The Balaban J connectivity index is 1.30. The maximum Gasteiger partial charge on any atom is 0.321 e. The number of para-hydroxylation sites is 1. The number of fused-ring (bicyclic) bond motifs is 5. The van der Waals surface area contributed by atoms with E-state index < -0.39 is 12.2 Å². The van der Waals surface area contributed by atoms with Crippen molar-refractivity contribution in [2.75, 3.05) is 29.9 Å². The summed E-state index contributed by atoms with van der Waals surface area (Å²) < 4.78 is 0. The average molecular weight is 542 g/mol. The number of hydrogen-bond donors (Lipinski definition) is 2. The molecule has 7 rings (SSSR count). The van der Waals surface area contributed by atoms with Crippen LogP contribution in [-0.4, -0.2) is 54.3 Å². The standard InChI is InChI=1S/C32H39N5O3/c1-21-7-6-10-25(17-21)33-32(40)35-30-31(39)37(20-28(38)36-18-22-13-14-23(19-36)16-15-22)27-12-5-4-11-26(27)29(34-30)24-8-2-3-9-24/h4-7,10-12,17,22-24,30H,2-3,8-9,13-16,18-20H2,1H3,(H2,33,35,40). The largest absolute Gasteiger partial charge is 0.341 e. The van der Waals surface area contributed by atoms with E-state index >= 15 is 0 Å². The van der Waals surface area contributed by atoms with Crippen molar-refractivity contribution in [2.45, 2.75) is 64.5 Å². The normalized spacial score (nSPS) is 24.7. The Hall–Kier alpha value is -3.68. The lowest BCUT2D eigenvalue weighted by molar-refractivity contribution is -0.132. The van der Waals surface area contributed by atoms with Gasteiger partial charge in [0, 0.05) is 30.3 Å². The minimum Gasteiger partial charge on any atom is -0.341 e. The van der Waals surface area contributed by atoms with Crippen LogP contribution in [0.2, 0.25) is 0 Å². The van der Waals surface area contributed by atoms with Crippen LogP contribution in [0.3, 0.4) is 0 Å². The molecule has 2 aromatic rings. The zero-order valence-electron chi connectivity index (χ0n) is 23.3. The Morgan fingerprint density at radius 3 is 2.33 bits per heavy atom. The van der Waals surface area contributed by atoms with Gasteiger partial charge in [0.15, 0.2) is 0 Å². The highest BCUT2D eigenvalue weighted by Gasteiger charge is 2.38. The summed E-state index contributed by atoms with van der Waals surface area (Å²) in [6.07, 6.45) is 7.83. The van der Waals surface area contributed by atoms with E-state index in [-0.39, 0.29) is 24.3 Å². The van der Waals surface area contributed by atoms with Gasteiger partial charge in [-0.05, 0) is 81.0 Å². The molecular weight excluding hydrogens is 502 g/mol. The van der Waals surface area contributed by atoms with E-state index in [1.165, 1.54) is 25.7 Å². The molecule has 0 radical (unpaired) electrons. The van der Waals surface area contributed by atoms with E-state index in [2.05, 4.69) is 10.6 Å². The molecular formula is C32H39N5O3. The predicted molar refractivity (Wildman–Crippen MR) is 156 cm³/mol. The molecule has 4 amide bonds. The fourth-order valence-electron chi connectivity index (χ4n) is 6.99. The molecule has 0 spiro atoms. The number of aliphatic imine (C=N–C) groups is 1.